The predicted molar refractivity (Wildman–Crippen MR) is 113 cm³/mol. The molecule has 10 heteroatoms. The zero-order valence-corrected chi connectivity index (χ0v) is 17.7. The summed E-state index contributed by atoms with van der Waals surface area (Å²) < 4.78 is 47.9. The maximum Gasteiger partial charge on any atom is 0.240 e. The highest BCUT2D eigenvalue weighted by Gasteiger charge is 2.16. The number of sulfonamides is 1. The summed E-state index contributed by atoms with van der Waals surface area (Å²) in [5.41, 5.74) is 2.69. The van der Waals surface area contributed by atoms with E-state index >= 15 is 0 Å². The topological polar surface area (TPSA) is 98.5 Å². The van der Waals surface area contributed by atoms with Crippen molar-refractivity contribution in [1.82, 2.24) is 24.5 Å². The fourth-order valence-corrected chi connectivity index (χ4v) is 4.37. The van der Waals surface area contributed by atoms with Gasteiger partial charge in [0.05, 0.1) is 4.90 Å². The third kappa shape index (κ3) is 4.54. The van der Waals surface area contributed by atoms with Gasteiger partial charge in [0.15, 0.2) is 11.5 Å². The van der Waals surface area contributed by atoms with E-state index in [0.29, 0.717) is 22.6 Å². The Morgan fingerprint density at radius 1 is 1.03 bits per heavy atom. The Kier molecular flexibility index (Phi) is 5.66. The van der Waals surface area contributed by atoms with Gasteiger partial charge in [-0.2, -0.15) is 4.52 Å². The molecular formula is C21H20FN5O3S. The van der Waals surface area contributed by atoms with E-state index in [0.717, 1.165) is 5.56 Å². The van der Waals surface area contributed by atoms with Gasteiger partial charge in [0, 0.05) is 18.2 Å². The number of aryl methyl sites for hydroxylation is 2. The highest BCUT2D eigenvalue weighted by atomic mass is 32.2. The second-order valence-electron chi connectivity index (χ2n) is 6.99. The number of rotatable bonds is 7. The van der Waals surface area contributed by atoms with E-state index < -0.39 is 10.0 Å². The lowest BCUT2D eigenvalue weighted by molar-refractivity contribution is 0.306. The quantitative estimate of drug-likeness (QED) is 0.443. The molecule has 8 nitrogen and oxygen atoms in total. The number of nitrogens with one attached hydrogen (secondary N) is 1. The van der Waals surface area contributed by atoms with Crippen LogP contribution in [0, 0.1) is 19.7 Å². The largest absolute Gasteiger partial charge is 0.475 e. The maximum atomic E-state index is 13.2. The van der Waals surface area contributed by atoms with Crippen LogP contribution in [0.25, 0.3) is 17.0 Å². The molecule has 0 saturated carbocycles. The van der Waals surface area contributed by atoms with Crippen LogP contribution in [0.5, 0.6) is 5.88 Å². The molecule has 2 heterocycles. The SMILES string of the molecule is Cc1ccc(C)c(S(=O)(=O)NCCOc2ccc3nnc(-c4ccc(F)cc4)n3n2)c1. The number of benzene rings is 2. The van der Waals surface area contributed by atoms with Gasteiger partial charge in [-0.3, -0.25) is 0 Å². The van der Waals surface area contributed by atoms with E-state index in [9.17, 15) is 12.8 Å². The van der Waals surface area contributed by atoms with E-state index in [-0.39, 0.29) is 29.7 Å². The smallest absolute Gasteiger partial charge is 0.240 e. The zero-order chi connectivity index (χ0) is 22.0. The Bertz CT molecular complexity index is 1340. The molecule has 0 saturated heterocycles. The zero-order valence-electron chi connectivity index (χ0n) is 16.9. The summed E-state index contributed by atoms with van der Waals surface area (Å²) >= 11 is 0. The van der Waals surface area contributed by atoms with Gasteiger partial charge in [-0.15, -0.1) is 15.3 Å². The van der Waals surface area contributed by atoms with Gasteiger partial charge in [-0.1, -0.05) is 12.1 Å². The fraction of sp³-hybridized carbons (Fsp3) is 0.190. The molecule has 4 aromatic rings. The van der Waals surface area contributed by atoms with Crippen molar-refractivity contribution < 1.29 is 17.5 Å². The standard InChI is InChI=1S/C21H20FN5O3S/c1-14-3-4-15(2)18(13-14)31(28,29)23-11-12-30-20-10-9-19-24-25-21(27(19)26-20)16-5-7-17(22)8-6-16/h3-10,13,23H,11-12H2,1-2H3. The minimum Gasteiger partial charge on any atom is -0.475 e. The van der Waals surface area contributed by atoms with Gasteiger partial charge in [-0.05, 0) is 61.4 Å². The molecule has 0 aliphatic carbocycles. The third-order valence-electron chi connectivity index (χ3n) is 4.62. The highest BCUT2D eigenvalue weighted by Crippen LogP contribution is 2.19. The van der Waals surface area contributed by atoms with Crippen LogP contribution in [0.1, 0.15) is 11.1 Å². The molecule has 1 N–H and O–H groups in total. The Balaban J connectivity index is 1.44. The Morgan fingerprint density at radius 2 is 1.81 bits per heavy atom. The van der Waals surface area contributed by atoms with Crippen molar-refractivity contribution in [3.8, 4) is 17.3 Å². The summed E-state index contributed by atoms with van der Waals surface area (Å²) in [7, 11) is -3.65. The van der Waals surface area contributed by atoms with Crippen molar-refractivity contribution in [3.63, 3.8) is 0 Å². The molecule has 0 radical (unpaired) electrons. The molecule has 0 aliphatic rings. The summed E-state index contributed by atoms with van der Waals surface area (Å²) in [4.78, 5) is 0.250. The first-order valence-electron chi connectivity index (χ1n) is 9.52. The first kappa shape index (κ1) is 20.9. The van der Waals surface area contributed by atoms with Crippen LogP contribution in [-0.2, 0) is 10.0 Å². The van der Waals surface area contributed by atoms with Gasteiger partial charge in [0.1, 0.15) is 12.4 Å². The van der Waals surface area contributed by atoms with Crippen molar-refractivity contribution in [3.05, 3.63) is 71.5 Å². The minimum atomic E-state index is -3.65. The summed E-state index contributed by atoms with van der Waals surface area (Å²) in [6.45, 7) is 3.75. The molecule has 0 aliphatic heterocycles. The van der Waals surface area contributed by atoms with E-state index in [1.54, 1.807) is 43.3 Å². The summed E-state index contributed by atoms with van der Waals surface area (Å²) in [6, 6.07) is 14.4. The van der Waals surface area contributed by atoms with E-state index in [4.69, 9.17) is 4.74 Å². The molecule has 0 unspecified atom stereocenters. The molecule has 2 aromatic heterocycles. The molecule has 4 rings (SSSR count). The van der Waals surface area contributed by atoms with E-state index in [1.165, 1.54) is 16.6 Å². The Labute approximate surface area is 178 Å². The lowest BCUT2D eigenvalue weighted by Gasteiger charge is -2.11. The lowest BCUT2D eigenvalue weighted by atomic mass is 10.2. The van der Waals surface area contributed by atoms with Gasteiger partial charge >= 0.3 is 0 Å². The first-order chi connectivity index (χ1) is 14.8. The second-order valence-corrected chi connectivity index (χ2v) is 8.72. The molecule has 2 aromatic carbocycles. The number of hydrogen-bond donors (Lipinski definition) is 1. The lowest BCUT2D eigenvalue weighted by Crippen LogP contribution is -2.29. The van der Waals surface area contributed by atoms with Crippen molar-refractivity contribution in [1.29, 1.82) is 0 Å². The van der Waals surface area contributed by atoms with Gasteiger partial charge in [-0.25, -0.2) is 17.5 Å². The van der Waals surface area contributed by atoms with E-state index in [1.807, 2.05) is 13.0 Å². The van der Waals surface area contributed by atoms with Crippen LogP contribution >= 0.6 is 0 Å². The average Bonchev–Trinajstić information content (AvgIpc) is 3.17. The van der Waals surface area contributed by atoms with Gasteiger partial charge in [0.25, 0.3) is 0 Å². The number of fused-ring (bicyclic) bond motifs is 1. The number of nitrogens with zero attached hydrogens (tertiary/aromatic N) is 4. The molecule has 31 heavy (non-hydrogen) atoms. The summed E-state index contributed by atoms with van der Waals surface area (Å²) in [6.07, 6.45) is 0. The van der Waals surface area contributed by atoms with Crippen molar-refractivity contribution in [2.45, 2.75) is 18.7 Å². The average molecular weight is 441 g/mol. The summed E-state index contributed by atoms with van der Waals surface area (Å²) in [5, 5.41) is 12.5. The van der Waals surface area contributed by atoms with Crippen molar-refractivity contribution in [2.75, 3.05) is 13.2 Å². The van der Waals surface area contributed by atoms with Crippen LogP contribution < -0.4 is 9.46 Å². The monoisotopic (exact) mass is 441 g/mol. The third-order valence-corrected chi connectivity index (χ3v) is 6.22. The van der Waals surface area contributed by atoms with Crippen LogP contribution in [0.4, 0.5) is 4.39 Å². The second kappa shape index (κ2) is 8.40. The Hall–Kier alpha value is -3.37. The summed E-state index contributed by atoms with van der Waals surface area (Å²) in [5.74, 6) is 0.371. The van der Waals surface area contributed by atoms with Crippen LogP contribution in [0.3, 0.4) is 0 Å². The number of halogens is 1. The molecule has 160 valence electrons. The molecule has 0 bridgehead atoms. The highest BCUT2D eigenvalue weighted by molar-refractivity contribution is 7.89. The molecular weight excluding hydrogens is 421 g/mol. The van der Waals surface area contributed by atoms with Crippen LogP contribution in [0.15, 0.2) is 59.5 Å². The minimum absolute atomic E-state index is 0.0719. The van der Waals surface area contributed by atoms with Crippen LogP contribution in [-0.4, -0.2) is 41.4 Å². The van der Waals surface area contributed by atoms with Gasteiger partial charge < -0.3 is 4.74 Å². The van der Waals surface area contributed by atoms with Crippen molar-refractivity contribution in [2.24, 2.45) is 0 Å². The molecule has 0 atom stereocenters. The van der Waals surface area contributed by atoms with Gasteiger partial charge in [0.2, 0.25) is 15.9 Å². The van der Waals surface area contributed by atoms with E-state index in [2.05, 4.69) is 20.0 Å². The molecule has 0 fully saturated rings. The number of ether oxygens (including phenoxy) is 1. The number of hydrogen-bond acceptors (Lipinski definition) is 6. The first-order valence-corrected chi connectivity index (χ1v) is 11.0. The maximum absolute atomic E-state index is 13.2. The fourth-order valence-electron chi connectivity index (χ4n) is 3.03. The van der Waals surface area contributed by atoms with Crippen molar-refractivity contribution >= 4 is 15.7 Å². The molecule has 0 spiro atoms. The Morgan fingerprint density at radius 3 is 2.58 bits per heavy atom. The predicted octanol–water partition coefficient (Wildman–Crippen LogP) is 2.90. The molecule has 0 amide bonds. The van der Waals surface area contributed by atoms with Crippen LogP contribution in [0.2, 0.25) is 0 Å². The number of aromatic nitrogens is 4. The normalized spacial score (nSPS) is 11.7.